The van der Waals surface area contributed by atoms with E-state index in [4.69, 9.17) is 0 Å². The number of amides is 1. The first-order valence-electron chi connectivity index (χ1n) is 19.0. The van der Waals surface area contributed by atoms with Crippen molar-refractivity contribution in [3.8, 4) is 0 Å². The van der Waals surface area contributed by atoms with Crippen LogP contribution < -0.4 is 10.6 Å². The highest BCUT2D eigenvalue weighted by Crippen LogP contribution is 2.38. The van der Waals surface area contributed by atoms with Gasteiger partial charge in [-0.25, -0.2) is 28.7 Å². The van der Waals surface area contributed by atoms with Gasteiger partial charge in [0.2, 0.25) is 5.91 Å². The molecule has 1 saturated heterocycles. The number of nitrogens with one attached hydrogen (secondary N) is 4. The molecule has 288 valence electrons. The molecule has 5 N–H and O–H groups in total. The number of aliphatic imine (C=N–C) groups is 2. The minimum Gasteiger partial charge on any atom is -0.481 e. The number of nitrogens with zero attached hydrogens (tertiary/aromatic N) is 7. The van der Waals surface area contributed by atoms with Gasteiger partial charge in [0.15, 0.2) is 0 Å². The predicted molar refractivity (Wildman–Crippen MR) is 210 cm³/mol. The molecule has 7 heterocycles. The highest BCUT2D eigenvalue weighted by atomic mass is 19.3. The van der Waals surface area contributed by atoms with Crippen molar-refractivity contribution in [1.29, 1.82) is 0 Å². The monoisotopic (exact) mass is 769 g/mol. The molecule has 2 aliphatic carbocycles. The summed E-state index contributed by atoms with van der Waals surface area (Å²) in [5.74, 6) is -2.96. The second-order valence-corrected chi connectivity index (χ2v) is 15.3. The number of rotatable bonds is 6. The van der Waals surface area contributed by atoms with Gasteiger partial charge in [0.1, 0.15) is 35.6 Å². The Morgan fingerprint density at radius 2 is 1.25 bits per heavy atom. The third-order valence-corrected chi connectivity index (χ3v) is 11.6. The zero-order chi connectivity index (χ0) is 38.8. The quantitative estimate of drug-likeness (QED) is 0.135. The molecular weight excluding hydrogens is 733 g/mol. The van der Waals surface area contributed by atoms with E-state index in [1.807, 2.05) is 36.7 Å². The summed E-state index contributed by atoms with van der Waals surface area (Å²) in [6.07, 6.45) is 10.5. The van der Waals surface area contributed by atoms with Crippen LogP contribution in [-0.2, 0) is 48.4 Å². The van der Waals surface area contributed by atoms with Crippen LogP contribution in [0.4, 0.5) is 31.8 Å². The molecule has 2 atom stereocenters. The molecule has 0 radical (unpaired) electrons. The molecule has 1 fully saturated rings. The van der Waals surface area contributed by atoms with Gasteiger partial charge in [-0.3, -0.25) is 19.6 Å². The van der Waals surface area contributed by atoms with E-state index in [0.717, 1.165) is 74.4 Å². The number of halogens is 2. The van der Waals surface area contributed by atoms with Gasteiger partial charge >= 0.3 is 5.97 Å². The summed E-state index contributed by atoms with van der Waals surface area (Å²) in [6, 6.07) is 12.2. The van der Waals surface area contributed by atoms with Crippen LogP contribution in [0.5, 0.6) is 0 Å². The predicted octanol–water partition coefficient (Wildman–Crippen LogP) is 6.04. The molecule has 0 spiro atoms. The van der Waals surface area contributed by atoms with Crippen LogP contribution in [0, 0.1) is 11.8 Å². The summed E-state index contributed by atoms with van der Waals surface area (Å²) in [4.78, 5) is 58.3. The van der Waals surface area contributed by atoms with Gasteiger partial charge in [-0.15, -0.1) is 0 Å². The number of aromatic amines is 2. The summed E-state index contributed by atoms with van der Waals surface area (Å²) in [6.45, 7) is 0.494. The lowest BCUT2D eigenvalue weighted by Gasteiger charge is -2.41. The molecule has 4 aromatic heterocycles. The number of fused-ring (bicyclic) bond motifs is 8. The summed E-state index contributed by atoms with van der Waals surface area (Å²) in [5.41, 5.74) is 12.0. The van der Waals surface area contributed by atoms with Crippen LogP contribution in [0.25, 0.3) is 22.1 Å². The number of hydrogen-bond acceptors (Lipinski definition) is 10. The minimum absolute atomic E-state index is 0.185. The molecule has 57 heavy (non-hydrogen) atoms. The first-order valence-corrected chi connectivity index (χ1v) is 19.0. The normalized spacial score (nSPS) is 19.6. The summed E-state index contributed by atoms with van der Waals surface area (Å²) in [5, 5.41) is 17.9. The smallest absolute Gasteiger partial charge is 0.306 e. The van der Waals surface area contributed by atoms with E-state index in [2.05, 4.69) is 62.7 Å². The molecule has 2 aromatic carbocycles. The standard InChI is InChI=1S/C22H20F2N6O.C19H17N5O2/c23-22(24)9-30(10-22)21(31)12-2-4-17-16(6-12)18-19(26-11-27-20(18)29-17)28-15-3-1-13-7-25-8-14(13)5-15;25-19(26)10-2-4-15-14(6-10)16-17(21-9-22-18(16)24-15)23-13-3-1-11-7-20-8-12(11)5-13/h1,3,5,8,11-12H,2,4,6-7,9-10H2,(H2,26,27,28,29);1,3,5,8-10H,2,4,6-7H2,(H,25,26)(H2,21,22,23,24). The van der Waals surface area contributed by atoms with E-state index in [1.54, 1.807) is 0 Å². The summed E-state index contributed by atoms with van der Waals surface area (Å²) in [7, 11) is 0. The Morgan fingerprint density at radius 3 is 1.75 bits per heavy atom. The van der Waals surface area contributed by atoms with Crippen LogP contribution >= 0.6 is 0 Å². The summed E-state index contributed by atoms with van der Waals surface area (Å²) < 4.78 is 26.4. The van der Waals surface area contributed by atoms with Crippen molar-refractivity contribution in [3.63, 3.8) is 0 Å². The maximum Gasteiger partial charge on any atom is 0.306 e. The number of hydrogen-bond donors (Lipinski definition) is 5. The number of carboxylic acids is 1. The van der Waals surface area contributed by atoms with E-state index in [-0.39, 0.29) is 17.7 Å². The number of carbonyl (C=O) groups is 2. The fourth-order valence-electron chi connectivity index (χ4n) is 8.65. The van der Waals surface area contributed by atoms with Gasteiger partial charge < -0.3 is 30.6 Å². The van der Waals surface area contributed by atoms with Crippen molar-refractivity contribution in [2.75, 3.05) is 23.7 Å². The van der Waals surface area contributed by atoms with Gasteiger partial charge in [0.05, 0.1) is 42.9 Å². The van der Waals surface area contributed by atoms with E-state index in [9.17, 15) is 23.5 Å². The number of aryl methyl sites for hydroxylation is 2. The number of anilines is 4. The van der Waals surface area contributed by atoms with Crippen LogP contribution in [0.2, 0.25) is 0 Å². The fraction of sp³-hybridized carbons (Fsp3) is 0.317. The SMILES string of the molecule is O=C(C1CCc2[nH]c3ncnc(Nc4ccc5c(c4)C=NC5)c3c2C1)N1CC(F)(F)C1.O=C(O)C1CCc2[nH]c3ncnc(Nc4ccc5c(c4)C=NC5)c3c2C1. The minimum atomic E-state index is -2.75. The van der Waals surface area contributed by atoms with Gasteiger partial charge in [0, 0.05) is 41.1 Å². The Kier molecular flexibility index (Phi) is 8.30. The molecular formula is C41H37F2N11O3. The van der Waals surface area contributed by atoms with Gasteiger partial charge in [-0.2, -0.15) is 0 Å². The topological polar surface area (TPSA) is 190 Å². The lowest BCUT2D eigenvalue weighted by atomic mass is 9.85. The zero-order valence-electron chi connectivity index (χ0n) is 30.6. The molecule has 6 aromatic rings. The van der Waals surface area contributed by atoms with Crippen LogP contribution in [-0.4, -0.2) is 83.2 Å². The Balaban J connectivity index is 0.000000141. The Labute approximate surface area is 324 Å². The molecule has 16 heteroatoms. The van der Waals surface area contributed by atoms with Crippen molar-refractivity contribution in [1.82, 2.24) is 34.8 Å². The molecule has 0 bridgehead atoms. The highest BCUT2D eigenvalue weighted by Gasteiger charge is 2.48. The van der Waals surface area contributed by atoms with E-state index in [0.29, 0.717) is 55.9 Å². The molecule has 3 aliphatic heterocycles. The first kappa shape index (κ1) is 34.9. The third-order valence-electron chi connectivity index (χ3n) is 11.6. The number of carboxylic acid groups (broad SMARTS) is 1. The van der Waals surface area contributed by atoms with Crippen molar-refractivity contribution in [2.24, 2.45) is 21.8 Å². The summed E-state index contributed by atoms with van der Waals surface area (Å²) >= 11 is 0. The Bertz CT molecular complexity index is 2680. The molecule has 11 rings (SSSR count). The van der Waals surface area contributed by atoms with E-state index >= 15 is 0 Å². The third kappa shape index (κ3) is 6.43. The Hall–Kier alpha value is -6.58. The van der Waals surface area contributed by atoms with Crippen molar-refractivity contribution >= 4 is 69.4 Å². The average molecular weight is 770 g/mol. The average Bonchev–Trinajstić information content (AvgIpc) is 4.01. The zero-order valence-corrected chi connectivity index (χ0v) is 30.6. The van der Waals surface area contributed by atoms with Crippen molar-refractivity contribution < 1.29 is 23.5 Å². The maximum atomic E-state index is 13.2. The molecule has 14 nitrogen and oxygen atoms in total. The second kappa shape index (κ2) is 13.6. The number of likely N-dealkylation sites (tertiary alicyclic amines) is 1. The van der Waals surface area contributed by atoms with E-state index in [1.165, 1.54) is 28.7 Å². The molecule has 0 saturated carbocycles. The highest BCUT2D eigenvalue weighted by molar-refractivity contribution is 5.96. The first-order chi connectivity index (χ1) is 27.7. The number of benzene rings is 2. The fourth-order valence-corrected chi connectivity index (χ4v) is 8.65. The van der Waals surface area contributed by atoms with Crippen LogP contribution in [0.3, 0.4) is 0 Å². The van der Waals surface area contributed by atoms with E-state index < -0.39 is 25.0 Å². The Morgan fingerprint density at radius 1 is 0.737 bits per heavy atom. The van der Waals surface area contributed by atoms with Crippen LogP contribution in [0.1, 0.15) is 57.6 Å². The number of alkyl halides is 2. The van der Waals surface area contributed by atoms with Gasteiger partial charge in [0.25, 0.3) is 5.92 Å². The maximum absolute atomic E-state index is 13.2. The number of carbonyl (C=O) groups excluding carboxylic acids is 1. The lowest BCUT2D eigenvalue weighted by Crippen LogP contribution is -2.60. The number of H-pyrrole nitrogens is 2. The molecule has 5 aliphatic rings. The molecule has 2 unspecified atom stereocenters. The number of aromatic nitrogens is 6. The van der Waals surface area contributed by atoms with Gasteiger partial charge in [-0.1, -0.05) is 12.1 Å². The largest absolute Gasteiger partial charge is 0.481 e. The van der Waals surface area contributed by atoms with Crippen LogP contribution in [0.15, 0.2) is 59.0 Å². The van der Waals surface area contributed by atoms with Crippen molar-refractivity contribution in [3.05, 3.63) is 93.8 Å². The van der Waals surface area contributed by atoms with Gasteiger partial charge in [-0.05, 0) is 96.2 Å². The lowest BCUT2D eigenvalue weighted by molar-refractivity contribution is -0.169. The second-order valence-electron chi connectivity index (χ2n) is 15.3. The van der Waals surface area contributed by atoms with Crippen molar-refractivity contribution in [2.45, 2.75) is 57.5 Å². The molecule has 1 amide bonds. The number of aliphatic carboxylic acids is 1.